The molecule has 0 spiro atoms. The van der Waals surface area contributed by atoms with E-state index in [1.807, 2.05) is 6.07 Å². The standard InChI is InChI=1S/C21H27N3O2S.HI/c1-17-8-6-7-11-20(17)18-12-14-24(16-18)21(22-2)23-13-15-27(25,26)19-9-4-3-5-10-19;/h3-11,18H,12-16H2,1-2H3,(H,22,23);1H. The van der Waals surface area contributed by atoms with Crippen LogP contribution in [0.5, 0.6) is 0 Å². The highest BCUT2D eigenvalue weighted by atomic mass is 127. The predicted octanol–water partition coefficient (Wildman–Crippen LogP) is 3.45. The highest BCUT2D eigenvalue weighted by Crippen LogP contribution is 2.29. The molecule has 28 heavy (non-hydrogen) atoms. The number of rotatable bonds is 5. The fraction of sp³-hybridized carbons (Fsp3) is 0.381. The minimum atomic E-state index is -3.28. The summed E-state index contributed by atoms with van der Waals surface area (Å²) in [4.78, 5) is 6.93. The van der Waals surface area contributed by atoms with Gasteiger partial charge in [-0.15, -0.1) is 24.0 Å². The normalized spacial score (nSPS) is 17.3. The van der Waals surface area contributed by atoms with E-state index in [1.165, 1.54) is 11.1 Å². The van der Waals surface area contributed by atoms with Crippen LogP contribution in [-0.2, 0) is 9.84 Å². The summed E-state index contributed by atoms with van der Waals surface area (Å²) in [5, 5.41) is 3.22. The first-order chi connectivity index (χ1) is 13.0. The van der Waals surface area contributed by atoms with E-state index in [0.717, 1.165) is 25.5 Å². The molecule has 2 aromatic carbocycles. The molecule has 0 aromatic heterocycles. The molecule has 1 aliphatic rings. The van der Waals surface area contributed by atoms with Crippen molar-refractivity contribution in [2.45, 2.75) is 24.2 Å². The monoisotopic (exact) mass is 513 g/mol. The predicted molar refractivity (Wildman–Crippen MR) is 125 cm³/mol. The Hall–Kier alpha value is -1.61. The Morgan fingerprint density at radius 1 is 1.14 bits per heavy atom. The molecule has 0 aliphatic carbocycles. The largest absolute Gasteiger partial charge is 0.355 e. The van der Waals surface area contributed by atoms with Crippen molar-refractivity contribution in [1.82, 2.24) is 10.2 Å². The fourth-order valence-corrected chi connectivity index (χ4v) is 4.80. The van der Waals surface area contributed by atoms with Crippen LogP contribution in [0.3, 0.4) is 0 Å². The average molecular weight is 513 g/mol. The maximum absolute atomic E-state index is 12.4. The molecule has 1 unspecified atom stereocenters. The first-order valence-corrected chi connectivity index (χ1v) is 11.0. The molecule has 2 aromatic rings. The molecule has 0 saturated carbocycles. The molecular formula is C21H28IN3O2S. The minimum Gasteiger partial charge on any atom is -0.355 e. The number of halogens is 1. The quantitative estimate of drug-likeness (QED) is 0.378. The van der Waals surface area contributed by atoms with E-state index in [9.17, 15) is 8.42 Å². The zero-order chi connectivity index (χ0) is 19.3. The number of nitrogens with zero attached hydrogens (tertiary/aromatic N) is 2. The summed E-state index contributed by atoms with van der Waals surface area (Å²) in [7, 11) is -1.54. The summed E-state index contributed by atoms with van der Waals surface area (Å²) >= 11 is 0. The first kappa shape index (κ1) is 22.7. The van der Waals surface area contributed by atoms with E-state index in [1.54, 1.807) is 31.3 Å². The van der Waals surface area contributed by atoms with Crippen molar-refractivity contribution in [2.75, 3.05) is 32.4 Å². The zero-order valence-corrected chi connectivity index (χ0v) is 19.5. The van der Waals surface area contributed by atoms with E-state index in [-0.39, 0.29) is 29.7 Å². The molecule has 152 valence electrons. The fourth-order valence-electron chi connectivity index (χ4n) is 3.63. The number of nitrogens with one attached hydrogen (secondary N) is 1. The lowest BCUT2D eigenvalue weighted by Crippen LogP contribution is -2.41. The van der Waals surface area contributed by atoms with Crippen LogP contribution in [0.15, 0.2) is 64.5 Å². The summed E-state index contributed by atoms with van der Waals surface area (Å²) in [6.07, 6.45) is 1.08. The van der Waals surface area contributed by atoms with Crippen LogP contribution in [0.4, 0.5) is 0 Å². The third kappa shape index (κ3) is 5.47. The topological polar surface area (TPSA) is 61.8 Å². The lowest BCUT2D eigenvalue weighted by molar-refractivity contribution is 0.488. The maximum atomic E-state index is 12.4. The molecule has 1 heterocycles. The molecule has 7 heteroatoms. The molecule has 1 atom stereocenters. The van der Waals surface area contributed by atoms with Crippen LogP contribution in [0.2, 0.25) is 0 Å². The van der Waals surface area contributed by atoms with Gasteiger partial charge in [-0.2, -0.15) is 0 Å². The van der Waals surface area contributed by atoms with Crippen molar-refractivity contribution in [2.24, 2.45) is 4.99 Å². The summed E-state index contributed by atoms with van der Waals surface area (Å²) in [5.74, 6) is 1.30. The SMILES string of the molecule is CN=C(NCCS(=O)(=O)c1ccccc1)N1CCC(c2ccccc2C)C1.I. The number of benzene rings is 2. The van der Waals surface area contributed by atoms with Crippen molar-refractivity contribution in [3.05, 3.63) is 65.7 Å². The summed E-state index contributed by atoms with van der Waals surface area (Å²) in [6, 6.07) is 17.1. The van der Waals surface area contributed by atoms with Gasteiger partial charge in [0.25, 0.3) is 0 Å². The Balaban J connectivity index is 0.00000280. The summed E-state index contributed by atoms with van der Waals surface area (Å²) in [6.45, 7) is 4.31. The van der Waals surface area contributed by atoms with Crippen molar-refractivity contribution in [1.29, 1.82) is 0 Å². The molecule has 0 radical (unpaired) electrons. The molecule has 5 nitrogen and oxygen atoms in total. The number of likely N-dealkylation sites (tertiary alicyclic amines) is 1. The van der Waals surface area contributed by atoms with Crippen LogP contribution in [0, 0.1) is 6.92 Å². The van der Waals surface area contributed by atoms with Crippen LogP contribution in [0.25, 0.3) is 0 Å². The van der Waals surface area contributed by atoms with Crippen molar-refractivity contribution in [3.8, 4) is 0 Å². The molecule has 3 rings (SSSR count). The first-order valence-electron chi connectivity index (χ1n) is 9.30. The van der Waals surface area contributed by atoms with Gasteiger partial charge in [0.1, 0.15) is 0 Å². The van der Waals surface area contributed by atoms with Gasteiger partial charge in [0.05, 0.1) is 10.6 Å². The Bertz CT molecular complexity index is 901. The minimum absolute atomic E-state index is 0. The molecule has 1 N–H and O–H groups in total. The van der Waals surface area contributed by atoms with Gasteiger partial charge in [-0.3, -0.25) is 4.99 Å². The molecule has 1 fully saturated rings. The molecule has 0 amide bonds. The third-order valence-electron chi connectivity index (χ3n) is 5.08. The van der Waals surface area contributed by atoms with Gasteiger partial charge in [-0.05, 0) is 36.6 Å². The number of guanidine groups is 1. The number of aryl methyl sites for hydroxylation is 1. The number of sulfone groups is 1. The average Bonchev–Trinajstić information content (AvgIpc) is 3.16. The van der Waals surface area contributed by atoms with E-state index in [0.29, 0.717) is 17.4 Å². The van der Waals surface area contributed by atoms with Gasteiger partial charge in [-0.1, -0.05) is 42.5 Å². The third-order valence-corrected chi connectivity index (χ3v) is 6.82. The van der Waals surface area contributed by atoms with E-state index < -0.39 is 9.84 Å². The Kier molecular flexibility index (Phi) is 8.30. The summed E-state index contributed by atoms with van der Waals surface area (Å²) < 4.78 is 24.8. The van der Waals surface area contributed by atoms with Gasteiger partial charge in [-0.25, -0.2) is 8.42 Å². The zero-order valence-electron chi connectivity index (χ0n) is 16.3. The molecule has 0 bridgehead atoms. The van der Waals surface area contributed by atoms with Crippen molar-refractivity contribution < 1.29 is 8.42 Å². The van der Waals surface area contributed by atoms with E-state index in [4.69, 9.17) is 0 Å². The number of hydrogen-bond donors (Lipinski definition) is 1. The van der Waals surface area contributed by atoms with Gasteiger partial charge >= 0.3 is 0 Å². The van der Waals surface area contributed by atoms with Crippen LogP contribution in [-0.4, -0.2) is 51.7 Å². The second-order valence-electron chi connectivity index (χ2n) is 6.89. The lowest BCUT2D eigenvalue weighted by atomic mass is 9.94. The van der Waals surface area contributed by atoms with Gasteiger partial charge < -0.3 is 10.2 Å². The summed E-state index contributed by atoms with van der Waals surface area (Å²) in [5.41, 5.74) is 2.71. The van der Waals surface area contributed by atoms with Crippen LogP contribution in [0.1, 0.15) is 23.5 Å². The van der Waals surface area contributed by atoms with Gasteiger partial charge in [0.2, 0.25) is 0 Å². The second-order valence-corrected chi connectivity index (χ2v) is 9.00. The van der Waals surface area contributed by atoms with Crippen molar-refractivity contribution >= 4 is 39.8 Å². The Morgan fingerprint density at radius 2 is 1.82 bits per heavy atom. The van der Waals surface area contributed by atoms with E-state index in [2.05, 4.69) is 46.4 Å². The smallest absolute Gasteiger partial charge is 0.193 e. The second kappa shape index (κ2) is 10.2. The van der Waals surface area contributed by atoms with Crippen LogP contribution < -0.4 is 5.32 Å². The number of hydrogen-bond acceptors (Lipinski definition) is 3. The lowest BCUT2D eigenvalue weighted by Gasteiger charge is -2.22. The highest BCUT2D eigenvalue weighted by Gasteiger charge is 2.27. The van der Waals surface area contributed by atoms with Crippen molar-refractivity contribution in [3.63, 3.8) is 0 Å². The Labute approximate surface area is 185 Å². The van der Waals surface area contributed by atoms with Gasteiger partial charge in [0, 0.05) is 32.6 Å². The molecule has 1 saturated heterocycles. The van der Waals surface area contributed by atoms with Gasteiger partial charge in [0.15, 0.2) is 15.8 Å². The van der Waals surface area contributed by atoms with E-state index >= 15 is 0 Å². The molecular weight excluding hydrogens is 485 g/mol. The highest BCUT2D eigenvalue weighted by molar-refractivity contribution is 14.0. The molecule has 1 aliphatic heterocycles. The number of aliphatic imine (C=N–C) groups is 1. The Morgan fingerprint density at radius 3 is 2.50 bits per heavy atom. The van der Waals surface area contributed by atoms with Crippen LogP contribution >= 0.6 is 24.0 Å². The maximum Gasteiger partial charge on any atom is 0.193 e.